The van der Waals surface area contributed by atoms with E-state index in [-0.39, 0.29) is 18.2 Å². The van der Waals surface area contributed by atoms with Crippen molar-refractivity contribution >= 4 is 16.0 Å². The average molecular weight is 334 g/mol. The normalized spacial score (nSPS) is 26.6. The van der Waals surface area contributed by atoms with Crippen molar-refractivity contribution in [2.75, 3.05) is 12.3 Å². The second-order valence-electron chi connectivity index (χ2n) is 6.35. The molecule has 0 bridgehead atoms. The molecule has 3 rings (SSSR count). The van der Waals surface area contributed by atoms with Crippen molar-refractivity contribution in [2.24, 2.45) is 5.41 Å². The van der Waals surface area contributed by atoms with Gasteiger partial charge in [0.25, 0.3) is 0 Å². The average Bonchev–Trinajstić information content (AvgIpc) is 3.13. The number of aliphatic carboxylic acids is 1. The molecule has 23 heavy (non-hydrogen) atoms. The van der Waals surface area contributed by atoms with Crippen LogP contribution in [0.1, 0.15) is 30.7 Å². The summed E-state index contributed by atoms with van der Waals surface area (Å²) in [6, 6.07) is 10.1. The number of carbonyl (C=O) groups is 1. The van der Waals surface area contributed by atoms with Gasteiger partial charge in [0, 0.05) is 12.5 Å². The number of benzene rings is 1. The molecule has 1 saturated carbocycles. The van der Waals surface area contributed by atoms with Crippen LogP contribution in [0.2, 0.25) is 0 Å². The smallest absolute Gasteiger partial charge is 0.322 e. The van der Waals surface area contributed by atoms with Gasteiger partial charge in [-0.3, -0.25) is 4.79 Å². The highest BCUT2D eigenvalue weighted by Crippen LogP contribution is 2.47. The number of hydrogen-bond donors (Lipinski definition) is 1. The quantitative estimate of drug-likeness (QED) is 0.881. The maximum absolute atomic E-state index is 12.7. The van der Waals surface area contributed by atoms with E-state index in [9.17, 15) is 18.3 Å². The minimum absolute atomic E-state index is 0.181. The van der Waals surface area contributed by atoms with Crippen LogP contribution in [-0.2, 0) is 14.8 Å². The Balaban J connectivity index is 1.88. The molecule has 6 nitrogen and oxygen atoms in total. The summed E-state index contributed by atoms with van der Waals surface area (Å²) in [5.74, 6) is -1.77. The Morgan fingerprint density at radius 1 is 1.35 bits per heavy atom. The minimum Gasteiger partial charge on any atom is -0.480 e. The van der Waals surface area contributed by atoms with E-state index in [0.717, 1.165) is 9.87 Å². The highest BCUT2D eigenvalue weighted by Gasteiger charge is 2.52. The second kappa shape index (κ2) is 5.62. The number of carboxylic acids is 1. The largest absolute Gasteiger partial charge is 0.480 e. The number of hydrogen-bond acceptors (Lipinski definition) is 4. The Kier molecular flexibility index (Phi) is 3.90. The predicted molar refractivity (Wildman–Crippen MR) is 83.0 cm³/mol. The summed E-state index contributed by atoms with van der Waals surface area (Å²) >= 11 is 0. The molecule has 2 unspecified atom stereocenters. The third kappa shape index (κ3) is 2.96. The molecular weight excluding hydrogens is 316 g/mol. The first kappa shape index (κ1) is 16.0. The topological polar surface area (TPSA) is 98.5 Å². The maximum Gasteiger partial charge on any atom is 0.322 e. The van der Waals surface area contributed by atoms with Crippen molar-refractivity contribution in [2.45, 2.75) is 31.2 Å². The third-order valence-electron chi connectivity index (χ3n) is 4.74. The monoisotopic (exact) mass is 334 g/mol. The molecule has 0 aromatic heterocycles. The van der Waals surface area contributed by atoms with Gasteiger partial charge < -0.3 is 5.11 Å². The zero-order valence-corrected chi connectivity index (χ0v) is 13.4. The molecule has 0 amide bonds. The van der Waals surface area contributed by atoms with Gasteiger partial charge in [0.05, 0.1) is 17.2 Å². The lowest BCUT2D eigenvalue weighted by Gasteiger charge is -2.25. The molecule has 1 saturated heterocycles. The molecule has 1 aliphatic heterocycles. The van der Waals surface area contributed by atoms with Crippen molar-refractivity contribution in [1.82, 2.24) is 4.31 Å². The standard InChI is InChI=1S/C16H18N2O4S/c17-10-16(7-8-16)11-23(21,22)18-9-6-13(14(18)15(19)20)12-4-2-1-3-5-12/h1-5,13-14H,6-9,11H2,(H,19,20). The Morgan fingerprint density at radius 3 is 2.52 bits per heavy atom. The third-order valence-corrected chi connectivity index (χ3v) is 6.78. The zero-order valence-electron chi connectivity index (χ0n) is 12.6. The van der Waals surface area contributed by atoms with Crippen LogP contribution < -0.4 is 0 Å². The van der Waals surface area contributed by atoms with E-state index >= 15 is 0 Å². The van der Waals surface area contributed by atoms with E-state index in [1.165, 1.54) is 0 Å². The van der Waals surface area contributed by atoms with Crippen molar-refractivity contribution in [3.8, 4) is 6.07 Å². The van der Waals surface area contributed by atoms with Gasteiger partial charge in [0.1, 0.15) is 6.04 Å². The highest BCUT2D eigenvalue weighted by molar-refractivity contribution is 7.89. The summed E-state index contributed by atoms with van der Waals surface area (Å²) in [6.45, 7) is 0.181. The van der Waals surface area contributed by atoms with E-state index in [2.05, 4.69) is 6.07 Å². The Bertz CT molecular complexity index is 750. The van der Waals surface area contributed by atoms with Gasteiger partial charge in [-0.2, -0.15) is 9.57 Å². The molecule has 1 heterocycles. The minimum atomic E-state index is -3.77. The summed E-state index contributed by atoms with van der Waals surface area (Å²) in [5, 5.41) is 18.7. The van der Waals surface area contributed by atoms with Gasteiger partial charge in [0.2, 0.25) is 10.0 Å². The first-order valence-corrected chi connectivity index (χ1v) is 9.18. The molecular formula is C16H18N2O4S. The van der Waals surface area contributed by atoms with Gasteiger partial charge in [-0.1, -0.05) is 30.3 Å². The highest BCUT2D eigenvalue weighted by atomic mass is 32.2. The van der Waals surface area contributed by atoms with Gasteiger partial charge in [0.15, 0.2) is 0 Å². The Morgan fingerprint density at radius 2 is 2.00 bits per heavy atom. The zero-order chi connectivity index (χ0) is 16.7. The van der Waals surface area contributed by atoms with Crippen LogP contribution in [0.4, 0.5) is 0 Å². The van der Waals surface area contributed by atoms with Crippen LogP contribution in [0.25, 0.3) is 0 Å². The summed E-state index contributed by atoms with van der Waals surface area (Å²) in [5.41, 5.74) is 0.0196. The lowest BCUT2D eigenvalue weighted by atomic mass is 9.92. The fourth-order valence-corrected chi connectivity index (χ4v) is 5.48. The predicted octanol–water partition coefficient (Wildman–Crippen LogP) is 1.56. The second-order valence-corrected chi connectivity index (χ2v) is 8.27. The van der Waals surface area contributed by atoms with Crippen molar-refractivity contribution < 1.29 is 18.3 Å². The Labute approximate surface area is 135 Å². The van der Waals surface area contributed by atoms with Crippen LogP contribution >= 0.6 is 0 Å². The van der Waals surface area contributed by atoms with Crippen LogP contribution in [0.15, 0.2) is 30.3 Å². The summed E-state index contributed by atoms with van der Waals surface area (Å²) in [4.78, 5) is 11.7. The fourth-order valence-electron chi connectivity index (χ4n) is 3.29. The van der Waals surface area contributed by atoms with Gasteiger partial charge >= 0.3 is 5.97 Å². The Hall–Kier alpha value is -1.91. The molecule has 0 spiro atoms. The SMILES string of the molecule is N#CC1(CS(=O)(=O)N2CCC(c3ccccc3)C2C(=O)O)CC1. The number of nitriles is 1. The van der Waals surface area contributed by atoms with Crippen molar-refractivity contribution in [3.63, 3.8) is 0 Å². The summed E-state index contributed by atoms with van der Waals surface area (Å²) in [7, 11) is -3.77. The lowest BCUT2D eigenvalue weighted by molar-refractivity contribution is -0.141. The van der Waals surface area contributed by atoms with E-state index in [1.54, 1.807) is 0 Å². The van der Waals surface area contributed by atoms with Crippen molar-refractivity contribution in [3.05, 3.63) is 35.9 Å². The molecule has 1 aromatic carbocycles. The maximum atomic E-state index is 12.7. The molecule has 2 aliphatic rings. The van der Waals surface area contributed by atoms with Crippen LogP contribution in [0.3, 0.4) is 0 Å². The van der Waals surface area contributed by atoms with Gasteiger partial charge in [-0.15, -0.1) is 0 Å². The fraction of sp³-hybridized carbons (Fsp3) is 0.500. The van der Waals surface area contributed by atoms with Crippen LogP contribution in [-0.4, -0.2) is 42.1 Å². The molecule has 2 atom stereocenters. The molecule has 1 aliphatic carbocycles. The van der Waals surface area contributed by atoms with Crippen LogP contribution in [0, 0.1) is 16.7 Å². The molecule has 1 aromatic rings. The van der Waals surface area contributed by atoms with E-state index < -0.39 is 27.4 Å². The van der Waals surface area contributed by atoms with Crippen molar-refractivity contribution in [1.29, 1.82) is 5.26 Å². The first-order chi connectivity index (χ1) is 10.9. The first-order valence-electron chi connectivity index (χ1n) is 7.57. The number of carboxylic acid groups (broad SMARTS) is 1. The van der Waals surface area contributed by atoms with Gasteiger partial charge in [-0.05, 0) is 24.8 Å². The number of sulfonamides is 1. The lowest BCUT2D eigenvalue weighted by Crippen LogP contribution is -2.44. The van der Waals surface area contributed by atoms with E-state index in [1.807, 2.05) is 30.3 Å². The van der Waals surface area contributed by atoms with Crippen LogP contribution in [0.5, 0.6) is 0 Å². The molecule has 2 fully saturated rings. The molecule has 0 radical (unpaired) electrons. The van der Waals surface area contributed by atoms with E-state index in [4.69, 9.17) is 5.26 Å². The number of nitrogens with zero attached hydrogens (tertiary/aromatic N) is 2. The summed E-state index contributed by atoms with van der Waals surface area (Å²) in [6.07, 6.45) is 1.60. The number of rotatable bonds is 5. The van der Waals surface area contributed by atoms with E-state index in [0.29, 0.717) is 19.3 Å². The molecule has 122 valence electrons. The molecule has 1 N–H and O–H groups in total. The molecule has 7 heteroatoms. The summed E-state index contributed by atoms with van der Waals surface area (Å²) < 4.78 is 26.4. The van der Waals surface area contributed by atoms with Gasteiger partial charge in [-0.25, -0.2) is 8.42 Å².